The topological polar surface area (TPSA) is 26.3 Å². The summed E-state index contributed by atoms with van der Waals surface area (Å²) >= 11 is 3.54. The summed E-state index contributed by atoms with van der Waals surface area (Å²) in [7, 11) is 1.49. The molecule has 0 aliphatic heterocycles. The summed E-state index contributed by atoms with van der Waals surface area (Å²) < 4.78 is 4.91. The number of rotatable bonds is 4. The van der Waals surface area contributed by atoms with E-state index >= 15 is 0 Å². The van der Waals surface area contributed by atoms with E-state index in [9.17, 15) is 4.79 Å². The van der Waals surface area contributed by atoms with Crippen LogP contribution in [0.4, 0.5) is 0 Å². The molecule has 0 bridgehead atoms. The van der Waals surface area contributed by atoms with Crippen LogP contribution in [0.15, 0.2) is 0 Å². The fourth-order valence-electron chi connectivity index (χ4n) is 8.47. The zero-order valence-electron chi connectivity index (χ0n) is 19.6. The smallest absolute Gasteiger partial charge is 0.319 e. The summed E-state index contributed by atoms with van der Waals surface area (Å²) in [5.74, 6) is 4.61. The lowest BCUT2D eigenvalue weighted by molar-refractivity contribution is -0.140. The summed E-state index contributed by atoms with van der Waals surface area (Å²) in [6.07, 6.45) is 16.8. The first-order valence-corrected chi connectivity index (χ1v) is 13.5. The molecule has 8 unspecified atom stereocenters. The predicted molar refractivity (Wildman–Crippen MR) is 125 cm³/mol. The lowest BCUT2D eigenvalue weighted by Gasteiger charge is -2.60. The molecule has 0 spiro atoms. The van der Waals surface area contributed by atoms with Crippen LogP contribution in [0.1, 0.15) is 105 Å². The number of esters is 1. The van der Waals surface area contributed by atoms with E-state index in [1.165, 1.54) is 77.7 Å². The van der Waals surface area contributed by atoms with Crippen LogP contribution in [-0.4, -0.2) is 17.9 Å². The molecule has 4 aliphatic carbocycles. The molecule has 0 N–H and O–H groups in total. The van der Waals surface area contributed by atoms with Crippen molar-refractivity contribution >= 4 is 21.9 Å². The van der Waals surface area contributed by atoms with Crippen molar-refractivity contribution in [1.29, 1.82) is 0 Å². The minimum Gasteiger partial charge on any atom is -0.468 e. The SMILES string of the molecule is CC.COC(=O)C(Br)CCC1CCC2C3CCC4CCCCC4(C)C3CCC12C. The Labute approximate surface area is 188 Å². The van der Waals surface area contributed by atoms with Gasteiger partial charge in [-0.05, 0) is 105 Å². The van der Waals surface area contributed by atoms with Gasteiger partial charge in [0.15, 0.2) is 0 Å². The Morgan fingerprint density at radius 1 is 0.966 bits per heavy atom. The van der Waals surface area contributed by atoms with Crippen LogP contribution in [0, 0.1) is 40.4 Å². The second-order valence-corrected chi connectivity index (χ2v) is 11.9. The number of ether oxygens (including phenoxy) is 1. The molecule has 0 aromatic heterocycles. The number of alkyl halides is 1. The van der Waals surface area contributed by atoms with E-state index in [1.807, 2.05) is 13.8 Å². The molecule has 0 saturated heterocycles. The van der Waals surface area contributed by atoms with Crippen molar-refractivity contribution < 1.29 is 9.53 Å². The monoisotopic (exact) mass is 468 g/mol. The van der Waals surface area contributed by atoms with Crippen LogP contribution < -0.4 is 0 Å². The van der Waals surface area contributed by atoms with Crippen LogP contribution >= 0.6 is 15.9 Å². The van der Waals surface area contributed by atoms with Gasteiger partial charge in [-0.3, -0.25) is 4.79 Å². The van der Waals surface area contributed by atoms with E-state index in [2.05, 4.69) is 29.8 Å². The molecule has 4 aliphatic rings. The van der Waals surface area contributed by atoms with E-state index in [0.717, 1.165) is 36.0 Å². The van der Waals surface area contributed by atoms with Gasteiger partial charge >= 0.3 is 5.97 Å². The maximum Gasteiger partial charge on any atom is 0.319 e. The third-order valence-corrected chi connectivity index (χ3v) is 10.8. The van der Waals surface area contributed by atoms with Gasteiger partial charge in [0.2, 0.25) is 0 Å². The number of fused-ring (bicyclic) bond motifs is 5. The van der Waals surface area contributed by atoms with E-state index in [-0.39, 0.29) is 10.8 Å². The fraction of sp³-hybridized carbons (Fsp3) is 0.962. The Bertz CT molecular complexity index is 563. The lowest BCUT2D eigenvalue weighted by atomic mass is 9.45. The van der Waals surface area contributed by atoms with Gasteiger partial charge in [-0.2, -0.15) is 0 Å². The Hall–Kier alpha value is -0.0500. The third kappa shape index (κ3) is 4.20. The summed E-state index contributed by atoms with van der Waals surface area (Å²) in [4.78, 5) is 11.6. The van der Waals surface area contributed by atoms with Crippen molar-refractivity contribution in [3.63, 3.8) is 0 Å². The summed E-state index contributed by atoms with van der Waals surface area (Å²) in [5, 5.41) is 0. The standard InChI is InChI=1S/C24H39BrO2.C2H6/c1-23-14-5-4-6-16(23)7-10-18-19-11-8-17(9-12-21(25)22(26)27-3)24(19,2)15-13-20(18)23;1-2/h16-21H,4-15H2,1-3H3;1-2H3. The normalized spacial score (nSPS) is 44.4. The Morgan fingerprint density at radius 2 is 1.69 bits per heavy atom. The predicted octanol–water partition coefficient (Wildman–Crippen LogP) is 7.78. The van der Waals surface area contributed by atoms with Crippen molar-refractivity contribution in [2.24, 2.45) is 40.4 Å². The number of hydrogen-bond donors (Lipinski definition) is 0. The molecule has 3 heteroatoms. The molecule has 168 valence electrons. The van der Waals surface area contributed by atoms with Gasteiger partial charge in [-0.1, -0.05) is 56.5 Å². The second-order valence-electron chi connectivity index (χ2n) is 10.8. The van der Waals surface area contributed by atoms with E-state index in [1.54, 1.807) is 0 Å². The maximum atomic E-state index is 11.8. The molecule has 4 fully saturated rings. The van der Waals surface area contributed by atoms with Crippen molar-refractivity contribution in [1.82, 2.24) is 0 Å². The molecule has 0 amide bonds. The molecule has 0 radical (unpaired) electrons. The largest absolute Gasteiger partial charge is 0.468 e. The molecule has 29 heavy (non-hydrogen) atoms. The first kappa shape index (κ1) is 23.6. The van der Waals surface area contributed by atoms with E-state index in [0.29, 0.717) is 10.8 Å². The zero-order valence-corrected chi connectivity index (χ0v) is 21.2. The molecule has 0 aromatic rings. The molecular weight excluding hydrogens is 424 g/mol. The van der Waals surface area contributed by atoms with Crippen LogP contribution in [-0.2, 0) is 9.53 Å². The van der Waals surface area contributed by atoms with Crippen LogP contribution in [0.3, 0.4) is 0 Å². The number of carbonyl (C=O) groups excluding carboxylic acids is 1. The highest BCUT2D eigenvalue weighted by atomic mass is 79.9. The first-order valence-electron chi connectivity index (χ1n) is 12.6. The van der Waals surface area contributed by atoms with Crippen molar-refractivity contribution in [3.8, 4) is 0 Å². The summed E-state index contributed by atoms with van der Waals surface area (Å²) in [5.41, 5.74) is 1.16. The Balaban J connectivity index is 0.00000117. The molecule has 4 rings (SSSR count). The molecule has 0 heterocycles. The van der Waals surface area contributed by atoms with Gasteiger partial charge in [-0.15, -0.1) is 0 Å². The number of methoxy groups -OCH3 is 1. The van der Waals surface area contributed by atoms with Crippen LogP contribution in [0.2, 0.25) is 0 Å². The van der Waals surface area contributed by atoms with Gasteiger partial charge in [-0.25, -0.2) is 0 Å². The second kappa shape index (κ2) is 9.61. The average Bonchev–Trinajstić information content (AvgIpc) is 3.08. The van der Waals surface area contributed by atoms with Gasteiger partial charge in [0.05, 0.1) is 7.11 Å². The van der Waals surface area contributed by atoms with Crippen molar-refractivity contribution in [3.05, 3.63) is 0 Å². The van der Waals surface area contributed by atoms with Crippen LogP contribution in [0.25, 0.3) is 0 Å². The fourth-order valence-corrected chi connectivity index (χ4v) is 8.92. The highest BCUT2D eigenvalue weighted by molar-refractivity contribution is 9.10. The minimum absolute atomic E-state index is 0.109. The van der Waals surface area contributed by atoms with Gasteiger partial charge in [0, 0.05) is 0 Å². The van der Waals surface area contributed by atoms with Crippen molar-refractivity contribution in [2.45, 2.75) is 110 Å². The number of carbonyl (C=O) groups is 1. The zero-order chi connectivity index (χ0) is 21.2. The molecule has 0 aromatic carbocycles. The Morgan fingerprint density at radius 3 is 2.41 bits per heavy atom. The third-order valence-electron chi connectivity index (χ3n) is 10.0. The number of hydrogen-bond acceptors (Lipinski definition) is 2. The highest BCUT2D eigenvalue weighted by Crippen LogP contribution is 2.67. The van der Waals surface area contributed by atoms with Gasteiger partial charge in [0.25, 0.3) is 0 Å². The first-order chi connectivity index (χ1) is 13.9. The van der Waals surface area contributed by atoms with Gasteiger partial charge < -0.3 is 4.74 Å². The molecular formula is C26H45BrO2. The summed E-state index contributed by atoms with van der Waals surface area (Å²) in [6.45, 7) is 9.29. The van der Waals surface area contributed by atoms with E-state index in [4.69, 9.17) is 4.74 Å². The molecule has 8 atom stereocenters. The lowest BCUT2D eigenvalue weighted by Crippen LogP contribution is -2.52. The van der Waals surface area contributed by atoms with Crippen molar-refractivity contribution in [2.75, 3.05) is 7.11 Å². The van der Waals surface area contributed by atoms with Gasteiger partial charge in [0.1, 0.15) is 4.83 Å². The highest BCUT2D eigenvalue weighted by Gasteiger charge is 2.59. The minimum atomic E-state index is -0.127. The average molecular weight is 470 g/mol. The van der Waals surface area contributed by atoms with Crippen LogP contribution in [0.5, 0.6) is 0 Å². The molecule has 2 nitrogen and oxygen atoms in total. The van der Waals surface area contributed by atoms with E-state index < -0.39 is 0 Å². The summed E-state index contributed by atoms with van der Waals surface area (Å²) in [6, 6.07) is 0. The Kier molecular flexibility index (Phi) is 7.83. The molecule has 4 saturated carbocycles. The number of halogens is 1. The maximum absolute atomic E-state index is 11.8. The quantitative estimate of drug-likeness (QED) is 0.310.